The summed E-state index contributed by atoms with van der Waals surface area (Å²) in [5.74, 6) is -1.45. The van der Waals surface area contributed by atoms with Gasteiger partial charge in [-0.05, 0) is 44.3 Å². The molecule has 156 valence electrons. The molecule has 0 aromatic heterocycles. The topological polar surface area (TPSA) is 120 Å². The lowest BCUT2D eigenvalue weighted by Crippen LogP contribution is -2.29. The van der Waals surface area contributed by atoms with Gasteiger partial charge in [0.1, 0.15) is 17.1 Å². The molecule has 2 rings (SSSR count). The van der Waals surface area contributed by atoms with E-state index in [-0.39, 0.29) is 28.6 Å². The highest BCUT2D eigenvalue weighted by atomic mass is 35.5. The van der Waals surface area contributed by atoms with Crippen molar-refractivity contribution in [1.82, 2.24) is 10.6 Å². The summed E-state index contributed by atoms with van der Waals surface area (Å²) in [6.07, 6.45) is -0.0509. The van der Waals surface area contributed by atoms with Crippen LogP contribution in [0.5, 0.6) is 11.5 Å². The van der Waals surface area contributed by atoms with Crippen molar-refractivity contribution in [3.05, 3.63) is 51.5 Å². The number of carboxylic acids is 1. The average Bonchev–Trinajstić information content (AvgIpc) is 2.66. The van der Waals surface area contributed by atoms with Crippen LogP contribution in [0.15, 0.2) is 30.3 Å². The van der Waals surface area contributed by atoms with Gasteiger partial charge in [0.15, 0.2) is 0 Å². The fourth-order valence-electron chi connectivity index (χ4n) is 2.44. The Morgan fingerprint density at radius 2 is 1.90 bits per heavy atom. The number of carbonyl (C=O) groups is 2. The highest BCUT2D eigenvalue weighted by molar-refractivity contribution is 6.35. The van der Waals surface area contributed by atoms with Gasteiger partial charge in [0.05, 0.1) is 5.02 Å². The minimum atomic E-state index is -1.23. The lowest BCUT2D eigenvalue weighted by molar-refractivity contribution is 0.0694. The second-order valence-electron chi connectivity index (χ2n) is 6.04. The fourth-order valence-corrected chi connectivity index (χ4v) is 2.97. The van der Waals surface area contributed by atoms with E-state index in [0.717, 1.165) is 6.54 Å². The first-order chi connectivity index (χ1) is 13.8. The molecule has 5 N–H and O–H groups in total. The number of amides is 1. The summed E-state index contributed by atoms with van der Waals surface area (Å²) < 4.78 is 5.16. The number of carboxylic acid groups (broad SMARTS) is 1. The number of anilines is 1. The summed E-state index contributed by atoms with van der Waals surface area (Å²) in [6, 6.07) is 7.20. The Hall–Kier alpha value is -2.68. The Morgan fingerprint density at radius 1 is 1.14 bits per heavy atom. The number of phenols is 1. The standard InChI is InChI=1S/C19H21Cl2N3O5/c1-22-5-2-6-23-19(28)29-16-9-13(3-4-14(16)18(26)27)24-10-11-7-12(20)8-15(21)17(11)25/h3-4,7-9,22,24-25H,2,5-6,10H2,1H3,(H,23,28)(H,26,27). The molecule has 8 nitrogen and oxygen atoms in total. The smallest absolute Gasteiger partial charge is 0.412 e. The molecule has 2 aromatic rings. The number of phenolic OH excluding ortho intramolecular Hbond substituents is 1. The number of rotatable bonds is 9. The number of aromatic hydroxyl groups is 1. The first-order valence-corrected chi connectivity index (χ1v) is 9.45. The van der Waals surface area contributed by atoms with Crippen LogP contribution in [0.4, 0.5) is 10.5 Å². The van der Waals surface area contributed by atoms with E-state index in [1.54, 1.807) is 13.1 Å². The fraction of sp³-hybridized carbons (Fsp3) is 0.263. The Kier molecular flexibility index (Phi) is 8.38. The number of hydrogen-bond donors (Lipinski definition) is 5. The third-order valence-electron chi connectivity index (χ3n) is 3.88. The SMILES string of the molecule is CNCCCNC(=O)Oc1cc(NCc2cc(Cl)cc(Cl)c2O)ccc1C(=O)O. The van der Waals surface area contributed by atoms with E-state index in [0.29, 0.717) is 29.2 Å². The number of hydrogen-bond acceptors (Lipinski definition) is 6. The number of ether oxygens (including phenoxy) is 1. The van der Waals surface area contributed by atoms with Gasteiger partial charge in [-0.3, -0.25) is 0 Å². The lowest BCUT2D eigenvalue weighted by Gasteiger charge is -2.13. The second-order valence-corrected chi connectivity index (χ2v) is 6.88. The zero-order valence-corrected chi connectivity index (χ0v) is 17.1. The molecule has 0 saturated carbocycles. The van der Waals surface area contributed by atoms with Crippen LogP contribution >= 0.6 is 23.2 Å². The van der Waals surface area contributed by atoms with Gasteiger partial charge in [0, 0.05) is 35.4 Å². The van der Waals surface area contributed by atoms with Crippen molar-refractivity contribution in [2.75, 3.05) is 25.5 Å². The van der Waals surface area contributed by atoms with Crippen molar-refractivity contribution < 1.29 is 24.5 Å². The molecule has 2 aromatic carbocycles. The molecule has 0 spiro atoms. The van der Waals surface area contributed by atoms with E-state index >= 15 is 0 Å². The predicted octanol–water partition coefficient (Wildman–Crippen LogP) is 3.71. The predicted molar refractivity (Wildman–Crippen MR) is 111 cm³/mol. The normalized spacial score (nSPS) is 10.4. The van der Waals surface area contributed by atoms with E-state index in [2.05, 4.69) is 16.0 Å². The molecule has 0 atom stereocenters. The van der Waals surface area contributed by atoms with Gasteiger partial charge in [0.2, 0.25) is 0 Å². The third-order valence-corrected chi connectivity index (χ3v) is 4.38. The van der Waals surface area contributed by atoms with Crippen molar-refractivity contribution in [3.63, 3.8) is 0 Å². The van der Waals surface area contributed by atoms with Crippen LogP contribution < -0.4 is 20.7 Å². The molecule has 0 unspecified atom stereocenters. The molecule has 0 aliphatic carbocycles. The summed E-state index contributed by atoms with van der Waals surface area (Å²) >= 11 is 11.9. The van der Waals surface area contributed by atoms with Gasteiger partial charge in [-0.25, -0.2) is 9.59 Å². The van der Waals surface area contributed by atoms with E-state index in [1.807, 2.05) is 0 Å². The monoisotopic (exact) mass is 441 g/mol. The maximum absolute atomic E-state index is 11.9. The first kappa shape index (κ1) is 22.6. The van der Waals surface area contributed by atoms with Crippen LogP contribution in [0.2, 0.25) is 10.0 Å². The highest BCUT2D eigenvalue weighted by Gasteiger charge is 2.16. The van der Waals surface area contributed by atoms with Gasteiger partial charge >= 0.3 is 12.1 Å². The Labute approximate surface area is 177 Å². The number of carbonyl (C=O) groups excluding carboxylic acids is 1. The second kappa shape index (κ2) is 10.8. The summed E-state index contributed by atoms with van der Waals surface area (Å²) in [6.45, 7) is 1.27. The van der Waals surface area contributed by atoms with Crippen LogP contribution in [-0.2, 0) is 6.54 Å². The van der Waals surface area contributed by atoms with Gasteiger partial charge < -0.3 is 30.9 Å². The third kappa shape index (κ3) is 6.70. The lowest BCUT2D eigenvalue weighted by atomic mass is 10.1. The summed E-state index contributed by atoms with van der Waals surface area (Å²) in [7, 11) is 1.80. The highest BCUT2D eigenvalue weighted by Crippen LogP contribution is 2.32. The quantitative estimate of drug-likeness (QED) is 0.376. The van der Waals surface area contributed by atoms with Crippen LogP contribution in [0.3, 0.4) is 0 Å². The van der Waals surface area contributed by atoms with Gasteiger partial charge in [-0.2, -0.15) is 0 Å². The first-order valence-electron chi connectivity index (χ1n) is 8.70. The van der Waals surface area contributed by atoms with Crippen LogP contribution in [0, 0.1) is 0 Å². The van der Waals surface area contributed by atoms with Crippen LogP contribution in [-0.4, -0.2) is 42.4 Å². The van der Waals surface area contributed by atoms with Gasteiger partial charge in [-0.1, -0.05) is 23.2 Å². The van der Waals surface area contributed by atoms with Crippen molar-refractivity contribution in [2.24, 2.45) is 0 Å². The van der Waals surface area contributed by atoms with Crippen molar-refractivity contribution in [3.8, 4) is 11.5 Å². The molecule has 0 aliphatic heterocycles. The number of nitrogens with one attached hydrogen (secondary N) is 3. The molecular weight excluding hydrogens is 421 g/mol. The Morgan fingerprint density at radius 3 is 2.59 bits per heavy atom. The molecule has 0 heterocycles. The summed E-state index contributed by atoms with van der Waals surface area (Å²) in [5, 5.41) is 28.3. The number of aromatic carboxylic acids is 1. The average molecular weight is 442 g/mol. The van der Waals surface area contributed by atoms with Gasteiger partial charge in [0.25, 0.3) is 0 Å². The van der Waals surface area contributed by atoms with E-state index in [4.69, 9.17) is 27.9 Å². The zero-order valence-electron chi connectivity index (χ0n) is 15.6. The molecular formula is C19H21Cl2N3O5. The molecule has 0 radical (unpaired) electrons. The molecule has 29 heavy (non-hydrogen) atoms. The number of halogens is 2. The largest absolute Gasteiger partial charge is 0.506 e. The summed E-state index contributed by atoms with van der Waals surface area (Å²) in [5.41, 5.74) is 0.771. The molecule has 0 fully saturated rings. The van der Waals surface area contributed by atoms with Crippen molar-refractivity contribution in [1.29, 1.82) is 0 Å². The maximum atomic E-state index is 11.9. The van der Waals surface area contributed by atoms with E-state index < -0.39 is 12.1 Å². The Balaban J connectivity index is 2.11. The zero-order chi connectivity index (χ0) is 21.4. The summed E-state index contributed by atoms with van der Waals surface area (Å²) in [4.78, 5) is 23.3. The van der Waals surface area contributed by atoms with E-state index in [1.165, 1.54) is 24.3 Å². The van der Waals surface area contributed by atoms with Crippen molar-refractivity contribution >= 4 is 41.0 Å². The minimum absolute atomic E-state index is 0.108. The molecule has 0 aliphatic rings. The molecule has 1 amide bonds. The molecule has 0 saturated heterocycles. The minimum Gasteiger partial charge on any atom is -0.506 e. The molecule has 10 heteroatoms. The van der Waals surface area contributed by atoms with Gasteiger partial charge in [-0.15, -0.1) is 0 Å². The maximum Gasteiger partial charge on any atom is 0.412 e. The number of benzene rings is 2. The van der Waals surface area contributed by atoms with Crippen LogP contribution in [0.1, 0.15) is 22.3 Å². The molecule has 0 bridgehead atoms. The van der Waals surface area contributed by atoms with Crippen LogP contribution in [0.25, 0.3) is 0 Å². The Bertz CT molecular complexity index is 892. The van der Waals surface area contributed by atoms with E-state index in [9.17, 15) is 19.8 Å². The van der Waals surface area contributed by atoms with Crippen molar-refractivity contribution in [2.45, 2.75) is 13.0 Å².